The smallest absolute Gasteiger partial charge is 0.243 e. The van der Waals surface area contributed by atoms with Crippen LogP contribution >= 0.6 is 11.6 Å². The van der Waals surface area contributed by atoms with Crippen LogP contribution in [0.25, 0.3) is 0 Å². The van der Waals surface area contributed by atoms with Crippen LogP contribution in [0.3, 0.4) is 0 Å². The van der Waals surface area contributed by atoms with E-state index in [1.165, 1.54) is 0 Å². The van der Waals surface area contributed by atoms with Crippen LogP contribution in [0.5, 0.6) is 0 Å². The van der Waals surface area contributed by atoms with E-state index in [9.17, 15) is 23.4 Å². The number of aliphatic hydroxyl groups excluding tert-OH is 1. The van der Waals surface area contributed by atoms with E-state index >= 15 is 0 Å². The van der Waals surface area contributed by atoms with Gasteiger partial charge in [0.25, 0.3) is 0 Å². The van der Waals surface area contributed by atoms with Gasteiger partial charge in [0, 0.05) is 35.6 Å². The van der Waals surface area contributed by atoms with Crippen molar-refractivity contribution in [2.45, 2.75) is 125 Å². The van der Waals surface area contributed by atoms with E-state index in [0.29, 0.717) is 43.5 Å². The fraction of sp³-hybridized carbons (Fsp3) is 0.750. The van der Waals surface area contributed by atoms with Crippen LogP contribution in [0.15, 0.2) is 29.2 Å². The van der Waals surface area contributed by atoms with Crippen molar-refractivity contribution in [2.24, 2.45) is 11.3 Å². The van der Waals surface area contributed by atoms with Crippen LogP contribution in [-0.2, 0) is 14.8 Å². The molecule has 3 aliphatic heterocycles. The van der Waals surface area contributed by atoms with Gasteiger partial charge in [0.2, 0.25) is 15.9 Å². The van der Waals surface area contributed by atoms with Gasteiger partial charge in [0.05, 0.1) is 16.6 Å². The Balaban J connectivity index is 1.29. The molecule has 0 aromatic heterocycles. The van der Waals surface area contributed by atoms with Crippen LogP contribution in [-0.4, -0.2) is 69.6 Å². The van der Waals surface area contributed by atoms with Crippen molar-refractivity contribution in [2.75, 3.05) is 0 Å². The number of amides is 1. The van der Waals surface area contributed by atoms with Crippen LogP contribution in [0.1, 0.15) is 84.0 Å². The molecule has 2 bridgehead atoms. The highest BCUT2D eigenvalue weighted by Gasteiger charge is 2.61. The summed E-state index contributed by atoms with van der Waals surface area (Å²) >= 11 is 6.05. The van der Waals surface area contributed by atoms with Gasteiger partial charge in [-0.15, -0.1) is 0 Å². The molecule has 5 aliphatic rings. The van der Waals surface area contributed by atoms with Gasteiger partial charge in [-0.05, 0) is 106 Å². The van der Waals surface area contributed by atoms with Crippen LogP contribution in [0.2, 0.25) is 5.02 Å². The molecule has 5 fully saturated rings. The van der Waals surface area contributed by atoms with Crippen molar-refractivity contribution in [1.29, 1.82) is 0 Å². The molecular formula is C28H39ClN2O5S. The highest BCUT2D eigenvalue weighted by Crippen LogP contribution is 2.59. The molecule has 2 saturated carbocycles. The Morgan fingerprint density at radius 3 is 2.22 bits per heavy atom. The van der Waals surface area contributed by atoms with Gasteiger partial charge in [-0.2, -0.15) is 4.31 Å². The topological polar surface area (TPSA) is 98.1 Å². The zero-order valence-electron chi connectivity index (χ0n) is 21.6. The summed E-state index contributed by atoms with van der Waals surface area (Å²) in [5.41, 5.74) is -1.13. The third-order valence-corrected chi connectivity index (χ3v) is 12.3. The highest BCUT2D eigenvalue weighted by molar-refractivity contribution is 7.89. The number of fused-ring (bicyclic) bond motifs is 2. The predicted octanol–water partition coefficient (Wildman–Crippen LogP) is 4.10. The summed E-state index contributed by atoms with van der Waals surface area (Å²) in [6.45, 7) is 2.01. The third-order valence-electron chi connectivity index (χ3n) is 10.1. The van der Waals surface area contributed by atoms with Crippen molar-refractivity contribution in [3.8, 4) is 0 Å². The Labute approximate surface area is 225 Å². The van der Waals surface area contributed by atoms with Crippen molar-refractivity contribution in [1.82, 2.24) is 9.21 Å². The second-order valence-electron chi connectivity index (χ2n) is 12.5. The molecule has 1 amide bonds. The number of aliphatic hydroxyl groups is 2. The summed E-state index contributed by atoms with van der Waals surface area (Å²) in [4.78, 5) is 16.1. The molecule has 0 radical (unpaired) electrons. The number of halogens is 1. The number of nitrogens with zero attached hydrogens (tertiary/aromatic N) is 2. The minimum Gasteiger partial charge on any atom is -0.393 e. The molecule has 3 saturated heterocycles. The monoisotopic (exact) mass is 550 g/mol. The lowest BCUT2D eigenvalue weighted by Crippen LogP contribution is -2.58. The molecule has 5 atom stereocenters. The summed E-state index contributed by atoms with van der Waals surface area (Å²) in [6.07, 6.45) is 7.90. The summed E-state index contributed by atoms with van der Waals surface area (Å²) in [6, 6.07) is 5.83. The van der Waals surface area contributed by atoms with E-state index in [0.717, 1.165) is 38.5 Å². The lowest BCUT2D eigenvalue weighted by Gasteiger charge is -2.48. The average Bonchev–Trinajstić information content (AvgIpc) is 3.77. The van der Waals surface area contributed by atoms with Gasteiger partial charge in [0.15, 0.2) is 0 Å². The minimum atomic E-state index is -3.83. The molecular weight excluding hydrogens is 512 g/mol. The molecule has 6 rings (SSSR count). The van der Waals surface area contributed by atoms with Gasteiger partial charge in [0.1, 0.15) is 0 Å². The van der Waals surface area contributed by atoms with Crippen LogP contribution < -0.4 is 0 Å². The van der Waals surface area contributed by atoms with Gasteiger partial charge in [-0.25, -0.2) is 8.42 Å². The van der Waals surface area contributed by atoms with Gasteiger partial charge in [-0.1, -0.05) is 18.5 Å². The first-order chi connectivity index (χ1) is 17.6. The Morgan fingerprint density at radius 1 is 1.05 bits per heavy atom. The molecule has 0 spiro atoms. The number of rotatable bonds is 7. The minimum absolute atomic E-state index is 0.0667. The average molecular weight is 551 g/mol. The van der Waals surface area contributed by atoms with Gasteiger partial charge >= 0.3 is 0 Å². The number of piperidine rings is 2. The molecule has 2 unspecified atom stereocenters. The number of hydrogen-bond acceptors (Lipinski definition) is 5. The Hall–Kier alpha value is -1.19. The Bertz CT molecular complexity index is 1140. The maximum absolute atomic E-state index is 14.1. The van der Waals surface area contributed by atoms with E-state index in [2.05, 4.69) is 0 Å². The van der Waals surface area contributed by atoms with E-state index < -0.39 is 33.2 Å². The van der Waals surface area contributed by atoms with E-state index in [-0.39, 0.29) is 34.8 Å². The van der Waals surface area contributed by atoms with Gasteiger partial charge in [-0.3, -0.25) is 4.79 Å². The Kier molecular flexibility index (Phi) is 6.47. The first-order valence-electron chi connectivity index (χ1n) is 14.1. The maximum atomic E-state index is 14.1. The standard InChI is InChI=1S/C28H39ClN2O5S/c1-2-28(34)15-20-7-8-21(16-28)30(20)26(33)17-27(11-12-27)25-14-22(32)13-24(18-3-4-18)31(25)37(35,36)23-9-5-19(29)6-10-23/h5-6,9-10,18,20-22,24-25,32,34H,2-4,7-8,11-17H2,1H3/t20?,21?,22-,24-,25+,28?/m0/s1. The SMILES string of the molecule is CCC1(O)CC2CCC(C1)N2C(=O)CC1([C@H]2C[C@@H](O)C[C@@H](C3CC3)N2S(=O)(=O)c2ccc(Cl)cc2)CC1. The molecule has 2 aliphatic carbocycles. The molecule has 9 heteroatoms. The molecule has 3 heterocycles. The Morgan fingerprint density at radius 2 is 1.68 bits per heavy atom. The van der Waals surface area contributed by atoms with E-state index in [1.54, 1.807) is 28.6 Å². The second kappa shape index (κ2) is 9.19. The second-order valence-corrected chi connectivity index (χ2v) is 14.8. The lowest BCUT2D eigenvalue weighted by atomic mass is 9.80. The molecule has 1 aromatic carbocycles. The molecule has 204 valence electrons. The number of sulfonamides is 1. The zero-order chi connectivity index (χ0) is 26.2. The molecule has 2 N–H and O–H groups in total. The van der Waals surface area contributed by atoms with Gasteiger partial charge < -0.3 is 15.1 Å². The normalized spacial score (nSPS) is 37.5. The van der Waals surface area contributed by atoms with Crippen LogP contribution in [0.4, 0.5) is 0 Å². The number of benzene rings is 1. The summed E-state index contributed by atoms with van der Waals surface area (Å²) in [5, 5.41) is 22.3. The first-order valence-corrected chi connectivity index (χ1v) is 15.9. The largest absolute Gasteiger partial charge is 0.393 e. The van der Waals surface area contributed by atoms with E-state index in [1.807, 2.05) is 11.8 Å². The number of carbonyl (C=O) groups excluding carboxylic acids is 1. The summed E-state index contributed by atoms with van der Waals surface area (Å²) in [5.74, 6) is 0.353. The maximum Gasteiger partial charge on any atom is 0.243 e. The van der Waals surface area contributed by atoms with Crippen LogP contribution in [0, 0.1) is 11.3 Å². The molecule has 1 aromatic rings. The molecule has 37 heavy (non-hydrogen) atoms. The number of carbonyl (C=O) groups is 1. The first kappa shape index (κ1) is 26.1. The quantitative estimate of drug-likeness (QED) is 0.532. The van der Waals surface area contributed by atoms with Crippen molar-refractivity contribution in [3.63, 3.8) is 0 Å². The van der Waals surface area contributed by atoms with E-state index in [4.69, 9.17) is 11.6 Å². The summed E-state index contributed by atoms with van der Waals surface area (Å²) in [7, 11) is -3.83. The number of hydrogen-bond donors (Lipinski definition) is 2. The van der Waals surface area contributed by atoms with Crippen molar-refractivity contribution in [3.05, 3.63) is 29.3 Å². The van der Waals surface area contributed by atoms with Crippen molar-refractivity contribution < 1.29 is 23.4 Å². The lowest BCUT2D eigenvalue weighted by molar-refractivity contribution is -0.144. The fourth-order valence-electron chi connectivity index (χ4n) is 7.75. The third kappa shape index (κ3) is 4.65. The highest BCUT2D eigenvalue weighted by atomic mass is 35.5. The predicted molar refractivity (Wildman–Crippen MR) is 140 cm³/mol. The fourth-order valence-corrected chi connectivity index (χ4v) is 9.85. The summed E-state index contributed by atoms with van der Waals surface area (Å²) < 4.78 is 29.9. The zero-order valence-corrected chi connectivity index (χ0v) is 23.1. The molecule has 7 nitrogen and oxygen atoms in total. The van der Waals surface area contributed by atoms with Crippen molar-refractivity contribution >= 4 is 27.5 Å².